The Bertz CT molecular complexity index is 1080. The monoisotopic (exact) mass is 433 g/mol. The smallest absolute Gasteiger partial charge is 0.286 e. The molecule has 1 saturated carbocycles. The lowest BCUT2D eigenvalue weighted by Gasteiger charge is -2.29. The van der Waals surface area contributed by atoms with Crippen molar-refractivity contribution < 1.29 is 19.4 Å². The van der Waals surface area contributed by atoms with E-state index in [9.17, 15) is 9.90 Å². The number of fused-ring (bicyclic) bond motifs is 1. The van der Waals surface area contributed by atoms with Crippen LogP contribution in [0.25, 0.3) is 11.0 Å². The average Bonchev–Trinajstić information content (AvgIpc) is 3.60. The molecule has 0 unspecified atom stereocenters. The normalized spacial score (nSPS) is 20.6. The molecule has 1 aromatic heterocycles. The van der Waals surface area contributed by atoms with E-state index in [0.29, 0.717) is 30.7 Å². The first-order chi connectivity index (χ1) is 15.7. The van der Waals surface area contributed by atoms with Gasteiger partial charge in [0.25, 0.3) is 5.91 Å². The summed E-state index contributed by atoms with van der Waals surface area (Å²) in [6, 6.07) is 15.4. The number of nitrogens with zero attached hydrogens (tertiary/aromatic N) is 1. The van der Waals surface area contributed by atoms with E-state index >= 15 is 0 Å². The molecular weight excluding hydrogens is 406 g/mol. The molecule has 2 aromatic carbocycles. The van der Waals surface area contributed by atoms with Crippen LogP contribution in [-0.4, -0.2) is 27.3 Å². The Labute approximate surface area is 186 Å². The zero-order chi connectivity index (χ0) is 21.9. The summed E-state index contributed by atoms with van der Waals surface area (Å²) in [6.07, 6.45) is 4.62. The van der Waals surface area contributed by atoms with Gasteiger partial charge in [-0.25, -0.2) is 4.98 Å². The Morgan fingerprint density at radius 3 is 2.69 bits per heavy atom. The molecule has 1 aliphatic heterocycles. The number of hydrogen-bond acceptors (Lipinski definition) is 5. The molecule has 2 aliphatic rings. The fourth-order valence-corrected chi connectivity index (χ4v) is 4.07. The van der Waals surface area contributed by atoms with E-state index in [-0.39, 0.29) is 18.4 Å². The molecule has 32 heavy (non-hydrogen) atoms. The van der Waals surface area contributed by atoms with Crippen molar-refractivity contribution in [1.82, 2.24) is 15.3 Å². The first-order valence-electron chi connectivity index (χ1n) is 11.1. The Balaban J connectivity index is 1.21. The van der Waals surface area contributed by atoms with Gasteiger partial charge in [0.05, 0.1) is 30.8 Å². The van der Waals surface area contributed by atoms with E-state index in [1.165, 1.54) is 12.8 Å². The summed E-state index contributed by atoms with van der Waals surface area (Å²) in [4.78, 5) is 20.6. The van der Waals surface area contributed by atoms with Gasteiger partial charge in [-0.3, -0.25) is 4.79 Å². The van der Waals surface area contributed by atoms with Crippen LogP contribution in [0.1, 0.15) is 36.2 Å². The predicted molar refractivity (Wildman–Crippen MR) is 119 cm³/mol. The number of carbonyl (C=O) groups excluding carboxylic acids is 1. The largest absolute Gasteiger partial charge is 0.459 e. The number of para-hydroxylation sites is 2. The molecule has 0 spiro atoms. The minimum atomic E-state index is -0.463. The molecule has 1 aliphatic carbocycles. The SMILES string of the molecule is O=C(NCc1nc2ccccc2[nH]1)C1=C[C@H](C2CC2)C[C@H](OCc2ccc(CO)cc2)O1. The molecule has 2 atom stereocenters. The summed E-state index contributed by atoms with van der Waals surface area (Å²) in [5, 5.41) is 12.1. The lowest BCUT2D eigenvalue weighted by Crippen LogP contribution is -2.33. The van der Waals surface area contributed by atoms with E-state index in [2.05, 4.69) is 15.3 Å². The predicted octanol–water partition coefficient (Wildman–Crippen LogP) is 3.54. The molecule has 1 fully saturated rings. The van der Waals surface area contributed by atoms with Gasteiger partial charge in [-0.2, -0.15) is 0 Å². The number of rotatable bonds is 8. The molecule has 2 heterocycles. The van der Waals surface area contributed by atoms with Crippen molar-refractivity contribution in [3.63, 3.8) is 0 Å². The van der Waals surface area contributed by atoms with Crippen LogP contribution in [0.5, 0.6) is 0 Å². The van der Waals surface area contributed by atoms with Crippen molar-refractivity contribution in [3.05, 3.63) is 77.3 Å². The van der Waals surface area contributed by atoms with Crippen molar-refractivity contribution in [2.45, 2.75) is 45.3 Å². The summed E-state index contributed by atoms with van der Waals surface area (Å²) < 4.78 is 11.9. The Morgan fingerprint density at radius 1 is 1.16 bits per heavy atom. The molecule has 7 nitrogen and oxygen atoms in total. The zero-order valence-electron chi connectivity index (χ0n) is 17.8. The molecule has 0 saturated heterocycles. The molecule has 166 valence electrons. The number of aliphatic hydroxyl groups is 1. The third-order valence-corrected chi connectivity index (χ3v) is 6.04. The number of nitrogens with one attached hydrogen (secondary N) is 2. The minimum Gasteiger partial charge on any atom is -0.459 e. The van der Waals surface area contributed by atoms with Crippen LogP contribution in [0.3, 0.4) is 0 Å². The standard InChI is InChI=1S/C25H27N3O4/c29-14-16-5-7-17(8-6-16)15-31-24-12-19(18-9-10-18)11-22(32-24)25(30)26-13-23-27-20-3-1-2-4-21(20)28-23/h1-8,11,18-19,24,29H,9-10,12-15H2,(H,26,30)(H,27,28)/t19-,24+/m0/s1. The number of benzene rings is 2. The van der Waals surface area contributed by atoms with Crippen LogP contribution in [0.15, 0.2) is 60.4 Å². The van der Waals surface area contributed by atoms with Crippen molar-refractivity contribution >= 4 is 16.9 Å². The van der Waals surface area contributed by atoms with Crippen LogP contribution >= 0.6 is 0 Å². The number of amides is 1. The lowest BCUT2D eigenvalue weighted by molar-refractivity contribution is -0.154. The van der Waals surface area contributed by atoms with Crippen LogP contribution in [0.4, 0.5) is 0 Å². The Morgan fingerprint density at radius 2 is 1.94 bits per heavy atom. The average molecular weight is 434 g/mol. The van der Waals surface area contributed by atoms with E-state index < -0.39 is 6.29 Å². The topological polar surface area (TPSA) is 96.5 Å². The first kappa shape index (κ1) is 20.7. The van der Waals surface area contributed by atoms with Crippen molar-refractivity contribution in [2.75, 3.05) is 0 Å². The molecule has 0 radical (unpaired) electrons. The minimum absolute atomic E-state index is 0.0211. The number of aromatic amines is 1. The molecule has 5 rings (SSSR count). The lowest BCUT2D eigenvalue weighted by atomic mass is 9.96. The third kappa shape index (κ3) is 4.84. The van der Waals surface area contributed by atoms with Crippen LogP contribution in [-0.2, 0) is 34.0 Å². The van der Waals surface area contributed by atoms with Gasteiger partial charge in [0.1, 0.15) is 5.82 Å². The summed E-state index contributed by atoms with van der Waals surface area (Å²) in [5.41, 5.74) is 3.68. The van der Waals surface area contributed by atoms with Gasteiger partial charge in [0.15, 0.2) is 5.76 Å². The zero-order valence-corrected chi connectivity index (χ0v) is 17.8. The van der Waals surface area contributed by atoms with Gasteiger partial charge in [-0.15, -0.1) is 0 Å². The van der Waals surface area contributed by atoms with E-state index in [4.69, 9.17) is 9.47 Å². The van der Waals surface area contributed by atoms with Gasteiger partial charge in [0.2, 0.25) is 6.29 Å². The third-order valence-electron chi connectivity index (χ3n) is 6.04. The maximum atomic E-state index is 12.8. The molecule has 1 amide bonds. The van der Waals surface area contributed by atoms with E-state index in [1.54, 1.807) is 0 Å². The number of aliphatic hydroxyl groups excluding tert-OH is 1. The van der Waals surface area contributed by atoms with Crippen LogP contribution in [0, 0.1) is 11.8 Å². The summed E-state index contributed by atoms with van der Waals surface area (Å²) in [6.45, 7) is 0.708. The van der Waals surface area contributed by atoms with Crippen LogP contribution < -0.4 is 5.32 Å². The van der Waals surface area contributed by atoms with Gasteiger partial charge in [0, 0.05) is 6.42 Å². The fourth-order valence-electron chi connectivity index (χ4n) is 4.07. The second-order valence-electron chi connectivity index (χ2n) is 8.48. The highest BCUT2D eigenvalue weighted by Gasteiger charge is 2.37. The Kier molecular flexibility index (Phi) is 5.92. The van der Waals surface area contributed by atoms with E-state index in [1.807, 2.05) is 54.6 Å². The summed E-state index contributed by atoms with van der Waals surface area (Å²) in [5.74, 6) is 1.67. The number of aromatic nitrogens is 2. The number of allylic oxidation sites excluding steroid dienone is 1. The van der Waals surface area contributed by atoms with Gasteiger partial charge in [-0.05, 0) is 54.0 Å². The maximum Gasteiger partial charge on any atom is 0.286 e. The number of H-pyrrole nitrogens is 1. The van der Waals surface area contributed by atoms with Crippen molar-refractivity contribution in [3.8, 4) is 0 Å². The molecule has 0 bridgehead atoms. The quantitative estimate of drug-likeness (QED) is 0.505. The van der Waals surface area contributed by atoms with Gasteiger partial charge < -0.3 is 24.9 Å². The van der Waals surface area contributed by atoms with Crippen molar-refractivity contribution in [1.29, 1.82) is 0 Å². The second kappa shape index (κ2) is 9.14. The summed E-state index contributed by atoms with van der Waals surface area (Å²) >= 11 is 0. The number of ether oxygens (including phenoxy) is 2. The Hall–Kier alpha value is -3.16. The van der Waals surface area contributed by atoms with Crippen molar-refractivity contribution in [2.24, 2.45) is 11.8 Å². The number of carbonyl (C=O) groups is 1. The highest BCUT2D eigenvalue weighted by atomic mass is 16.7. The van der Waals surface area contributed by atoms with E-state index in [0.717, 1.165) is 28.6 Å². The number of imidazole rings is 1. The molecular formula is C25H27N3O4. The maximum absolute atomic E-state index is 12.8. The van der Waals surface area contributed by atoms with Crippen LogP contribution in [0.2, 0.25) is 0 Å². The first-order valence-corrected chi connectivity index (χ1v) is 11.1. The highest BCUT2D eigenvalue weighted by Crippen LogP contribution is 2.42. The molecule has 7 heteroatoms. The second-order valence-corrected chi connectivity index (χ2v) is 8.48. The summed E-state index contributed by atoms with van der Waals surface area (Å²) in [7, 11) is 0. The fraction of sp³-hybridized carbons (Fsp3) is 0.360. The highest BCUT2D eigenvalue weighted by molar-refractivity contribution is 5.91. The van der Waals surface area contributed by atoms with Gasteiger partial charge >= 0.3 is 0 Å². The molecule has 3 aromatic rings. The molecule has 3 N–H and O–H groups in total. The number of hydrogen-bond donors (Lipinski definition) is 3. The van der Waals surface area contributed by atoms with Gasteiger partial charge in [-0.1, -0.05) is 36.4 Å².